The second-order valence-electron chi connectivity index (χ2n) is 4.33. The van der Waals surface area contributed by atoms with Crippen LogP contribution in [-0.2, 0) is 0 Å². The van der Waals surface area contributed by atoms with Crippen LogP contribution in [0.2, 0.25) is 0 Å². The van der Waals surface area contributed by atoms with Gasteiger partial charge < -0.3 is 11.1 Å². The molecule has 2 aromatic carbocycles. The Morgan fingerprint density at radius 3 is 2.70 bits per heavy atom. The van der Waals surface area contributed by atoms with Gasteiger partial charge in [-0.3, -0.25) is 4.79 Å². The second kappa shape index (κ2) is 5.76. The quantitative estimate of drug-likeness (QED) is 0.828. The summed E-state index contributed by atoms with van der Waals surface area (Å²) in [6.07, 6.45) is 0. The third kappa shape index (κ3) is 2.98. The first kappa shape index (κ1) is 14.1. The third-order valence-electron chi connectivity index (χ3n) is 2.85. The molecule has 0 saturated heterocycles. The SMILES string of the molecule is Cc1ccc(N)cc1C(=O)Nc1ccc(C#N)cc1Br. The van der Waals surface area contributed by atoms with Crippen LogP contribution in [0.3, 0.4) is 0 Å². The number of rotatable bonds is 2. The lowest BCUT2D eigenvalue weighted by Gasteiger charge is -2.10. The Morgan fingerprint density at radius 1 is 1.30 bits per heavy atom. The summed E-state index contributed by atoms with van der Waals surface area (Å²) in [6.45, 7) is 1.85. The molecular formula is C15H12BrN3O. The van der Waals surface area contributed by atoms with Gasteiger partial charge in [-0.2, -0.15) is 5.26 Å². The molecule has 0 saturated carbocycles. The van der Waals surface area contributed by atoms with Crippen LogP contribution < -0.4 is 11.1 Å². The van der Waals surface area contributed by atoms with E-state index in [9.17, 15) is 4.79 Å². The lowest BCUT2D eigenvalue weighted by Crippen LogP contribution is -2.14. The molecule has 0 spiro atoms. The molecule has 1 amide bonds. The van der Waals surface area contributed by atoms with E-state index in [2.05, 4.69) is 21.2 Å². The summed E-state index contributed by atoms with van der Waals surface area (Å²) < 4.78 is 0.659. The van der Waals surface area contributed by atoms with Gasteiger partial charge in [0.25, 0.3) is 5.91 Å². The van der Waals surface area contributed by atoms with Crippen LogP contribution in [0.5, 0.6) is 0 Å². The number of carbonyl (C=O) groups excluding carboxylic acids is 1. The van der Waals surface area contributed by atoms with E-state index in [0.717, 1.165) is 5.56 Å². The molecule has 0 heterocycles. The standard InChI is InChI=1S/C15H12BrN3O/c1-9-2-4-11(18)7-12(9)15(20)19-14-5-3-10(8-17)6-13(14)16/h2-7H,18H2,1H3,(H,19,20). The summed E-state index contributed by atoms with van der Waals surface area (Å²) in [5.41, 5.74) is 8.75. The number of halogens is 1. The van der Waals surface area contributed by atoms with Crippen molar-refractivity contribution < 1.29 is 4.79 Å². The minimum absolute atomic E-state index is 0.236. The normalized spacial score (nSPS) is 9.85. The number of aryl methyl sites for hydroxylation is 1. The summed E-state index contributed by atoms with van der Waals surface area (Å²) in [4.78, 5) is 12.2. The molecule has 4 nitrogen and oxygen atoms in total. The number of nitrogens with one attached hydrogen (secondary N) is 1. The number of hydrogen-bond donors (Lipinski definition) is 2. The van der Waals surface area contributed by atoms with E-state index in [-0.39, 0.29) is 5.91 Å². The fraction of sp³-hybridized carbons (Fsp3) is 0.0667. The van der Waals surface area contributed by atoms with Gasteiger partial charge in [-0.05, 0) is 58.7 Å². The zero-order valence-electron chi connectivity index (χ0n) is 10.8. The monoisotopic (exact) mass is 329 g/mol. The van der Waals surface area contributed by atoms with Gasteiger partial charge in [0.15, 0.2) is 0 Å². The molecule has 0 aliphatic rings. The van der Waals surface area contributed by atoms with Crippen molar-refractivity contribution in [2.24, 2.45) is 0 Å². The molecule has 0 aliphatic carbocycles. The maximum Gasteiger partial charge on any atom is 0.256 e. The Hall–Kier alpha value is -2.32. The molecule has 0 aromatic heterocycles. The highest BCUT2D eigenvalue weighted by Crippen LogP contribution is 2.24. The third-order valence-corrected chi connectivity index (χ3v) is 3.51. The number of nitrogens with zero attached hydrogens (tertiary/aromatic N) is 1. The van der Waals surface area contributed by atoms with Crippen molar-refractivity contribution in [1.29, 1.82) is 5.26 Å². The number of nitriles is 1. The number of benzene rings is 2. The number of nitrogen functional groups attached to an aromatic ring is 1. The number of amides is 1. The van der Waals surface area contributed by atoms with Crippen molar-refractivity contribution in [3.05, 3.63) is 57.6 Å². The average Bonchev–Trinajstić information content (AvgIpc) is 2.43. The van der Waals surface area contributed by atoms with Crippen LogP contribution in [0, 0.1) is 18.3 Å². The highest BCUT2D eigenvalue weighted by atomic mass is 79.9. The highest BCUT2D eigenvalue weighted by Gasteiger charge is 2.11. The summed E-state index contributed by atoms with van der Waals surface area (Å²) >= 11 is 3.33. The smallest absolute Gasteiger partial charge is 0.256 e. The molecule has 5 heteroatoms. The van der Waals surface area contributed by atoms with Gasteiger partial charge >= 0.3 is 0 Å². The van der Waals surface area contributed by atoms with E-state index >= 15 is 0 Å². The Labute approximate surface area is 125 Å². The van der Waals surface area contributed by atoms with Crippen LogP contribution in [0.1, 0.15) is 21.5 Å². The maximum absolute atomic E-state index is 12.2. The molecule has 0 bridgehead atoms. The number of anilines is 2. The van der Waals surface area contributed by atoms with Gasteiger partial charge in [-0.1, -0.05) is 6.07 Å². The molecule has 100 valence electrons. The number of carbonyl (C=O) groups is 1. The molecule has 0 aliphatic heterocycles. The molecule has 20 heavy (non-hydrogen) atoms. The predicted octanol–water partition coefficient (Wildman–Crippen LogP) is 3.46. The topological polar surface area (TPSA) is 78.9 Å². The number of hydrogen-bond acceptors (Lipinski definition) is 3. The predicted molar refractivity (Wildman–Crippen MR) is 82.4 cm³/mol. The minimum atomic E-state index is -0.236. The van der Waals surface area contributed by atoms with Gasteiger partial charge in [0.1, 0.15) is 0 Å². The van der Waals surface area contributed by atoms with Crippen LogP contribution >= 0.6 is 15.9 Å². The lowest BCUT2D eigenvalue weighted by molar-refractivity contribution is 0.102. The minimum Gasteiger partial charge on any atom is -0.399 e. The van der Waals surface area contributed by atoms with E-state index in [4.69, 9.17) is 11.0 Å². The fourth-order valence-corrected chi connectivity index (χ4v) is 2.24. The van der Waals surface area contributed by atoms with Gasteiger partial charge in [0.2, 0.25) is 0 Å². The zero-order valence-corrected chi connectivity index (χ0v) is 12.4. The van der Waals surface area contributed by atoms with Crippen molar-refractivity contribution >= 4 is 33.2 Å². The molecule has 0 radical (unpaired) electrons. The Morgan fingerprint density at radius 2 is 2.05 bits per heavy atom. The zero-order chi connectivity index (χ0) is 14.7. The van der Waals surface area contributed by atoms with Gasteiger partial charge in [-0.25, -0.2) is 0 Å². The molecule has 3 N–H and O–H groups in total. The van der Waals surface area contributed by atoms with Gasteiger partial charge in [0, 0.05) is 15.7 Å². The van der Waals surface area contributed by atoms with Crippen molar-refractivity contribution in [1.82, 2.24) is 0 Å². The van der Waals surface area contributed by atoms with E-state index in [1.807, 2.05) is 13.0 Å². The van der Waals surface area contributed by atoms with E-state index in [0.29, 0.717) is 27.0 Å². The first-order chi connectivity index (χ1) is 9.51. The fourth-order valence-electron chi connectivity index (χ4n) is 1.76. The summed E-state index contributed by atoms with van der Waals surface area (Å²) in [5, 5.41) is 11.6. The van der Waals surface area contributed by atoms with Crippen LogP contribution in [0.4, 0.5) is 11.4 Å². The van der Waals surface area contributed by atoms with Gasteiger partial charge in [0.05, 0.1) is 17.3 Å². The molecule has 2 rings (SSSR count). The van der Waals surface area contributed by atoms with Crippen LogP contribution in [0.25, 0.3) is 0 Å². The number of nitrogens with two attached hydrogens (primary N) is 1. The lowest BCUT2D eigenvalue weighted by atomic mass is 10.1. The molecule has 2 aromatic rings. The molecule has 0 fully saturated rings. The Kier molecular flexibility index (Phi) is 4.06. The Bertz CT molecular complexity index is 720. The van der Waals surface area contributed by atoms with Crippen molar-refractivity contribution in [3.63, 3.8) is 0 Å². The molecule has 0 unspecified atom stereocenters. The average molecular weight is 330 g/mol. The largest absolute Gasteiger partial charge is 0.399 e. The first-order valence-corrected chi connectivity index (χ1v) is 6.67. The van der Waals surface area contributed by atoms with E-state index in [1.54, 1.807) is 36.4 Å². The first-order valence-electron chi connectivity index (χ1n) is 5.88. The summed E-state index contributed by atoms with van der Waals surface area (Å²) in [5.74, 6) is -0.236. The highest BCUT2D eigenvalue weighted by molar-refractivity contribution is 9.10. The molecule has 0 atom stereocenters. The van der Waals surface area contributed by atoms with Gasteiger partial charge in [-0.15, -0.1) is 0 Å². The summed E-state index contributed by atoms with van der Waals surface area (Å²) in [7, 11) is 0. The molecular weight excluding hydrogens is 318 g/mol. The van der Waals surface area contributed by atoms with E-state index < -0.39 is 0 Å². The summed E-state index contributed by atoms with van der Waals surface area (Å²) in [6, 6.07) is 12.2. The van der Waals surface area contributed by atoms with Crippen LogP contribution in [0.15, 0.2) is 40.9 Å². The maximum atomic E-state index is 12.2. The Balaban J connectivity index is 2.28. The second-order valence-corrected chi connectivity index (χ2v) is 5.19. The van der Waals surface area contributed by atoms with Crippen molar-refractivity contribution in [2.45, 2.75) is 6.92 Å². The van der Waals surface area contributed by atoms with Crippen molar-refractivity contribution in [2.75, 3.05) is 11.1 Å². The van der Waals surface area contributed by atoms with Crippen LogP contribution in [-0.4, -0.2) is 5.91 Å². The van der Waals surface area contributed by atoms with E-state index in [1.165, 1.54) is 0 Å². The van der Waals surface area contributed by atoms with Crippen molar-refractivity contribution in [3.8, 4) is 6.07 Å².